The Labute approximate surface area is 189 Å². The number of anilines is 1. The van der Waals surface area contributed by atoms with Crippen LogP contribution in [0.5, 0.6) is 0 Å². The quantitative estimate of drug-likeness (QED) is 0.344. The average molecular weight is 488 g/mol. The number of thioether (sulfide) groups is 1. The first-order chi connectivity index (χ1) is 14.3. The first-order valence-corrected chi connectivity index (χ1v) is 11.6. The number of hydrogen-bond acceptors (Lipinski definition) is 5. The predicted molar refractivity (Wildman–Crippen MR) is 127 cm³/mol. The SMILES string of the molecule is CC(C)c1cccc(C(C)C)c1NC(=O)CSc1nnc(-c2ccccc2Br)n1N. The molecule has 3 rings (SSSR count). The Balaban J connectivity index is 1.75. The molecule has 0 aliphatic carbocycles. The van der Waals surface area contributed by atoms with Crippen molar-refractivity contribution >= 4 is 39.3 Å². The number of nitrogens with one attached hydrogen (secondary N) is 1. The third-order valence-electron chi connectivity index (χ3n) is 4.75. The Morgan fingerprint density at radius 1 is 1.07 bits per heavy atom. The molecule has 158 valence electrons. The Bertz CT molecular complexity index is 1020. The van der Waals surface area contributed by atoms with Crippen LogP contribution < -0.4 is 11.2 Å². The van der Waals surface area contributed by atoms with Crippen LogP contribution in [0.4, 0.5) is 5.69 Å². The van der Waals surface area contributed by atoms with E-state index in [-0.39, 0.29) is 11.7 Å². The number of benzene rings is 2. The summed E-state index contributed by atoms with van der Waals surface area (Å²) in [7, 11) is 0. The van der Waals surface area contributed by atoms with Crippen LogP contribution in [0.1, 0.15) is 50.7 Å². The molecule has 6 nitrogen and oxygen atoms in total. The number of nitrogens with zero attached hydrogens (tertiary/aromatic N) is 3. The highest BCUT2D eigenvalue weighted by Crippen LogP contribution is 2.33. The van der Waals surface area contributed by atoms with E-state index in [1.165, 1.54) is 16.4 Å². The number of hydrogen-bond donors (Lipinski definition) is 2. The van der Waals surface area contributed by atoms with Crippen LogP contribution in [0.3, 0.4) is 0 Å². The minimum absolute atomic E-state index is 0.0968. The lowest BCUT2D eigenvalue weighted by Gasteiger charge is -2.20. The van der Waals surface area contributed by atoms with Gasteiger partial charge in [0.25, 0.3) is 0 Å². The van der Waals surface area contributed by atoms with Gasteiger partial charge < -0.3 is 11.2 Å². The minimum Gasteiger partial charge on any atom is -0.335 e. The number of para-hydroxylation sites is 1. The van der Waals surface area contributed by atoms with E-state index in [1.54, 1.807) is 0 Å². The van der Waals surface area contributed by atoms with Gasteiger partial charge in [-0.3, -0.25) is 4.79 Å². The zero-order valence-electron chi connectivity index (χ0n) is 17.5. The first-order valence-electron chi connectivity index (χ1n) is 9.80. The Morgan fingerprint density at radius 2 is 1.70 bits per heavy atom. The Hall–Kier alpha value is -2.32. The van der Waals surface area contributed by atoms with Gasteiger partial charge in [0.05, 0.1) is 5.75 Å². The van der Waals surface area contributed by atoms with Crippen molar-refractivity contribution in [3.63, 3.8) is 0 Å². The number of nitrogen functional groups attached to an aromatic ring is 1. The van der Waals surface area contributed by atoms with Gasteiger partial charge in [-0.15, -0.1) is 10.2 Å². The first kappa shape index (κ1) is 22.4. The standard InChI is InChI=1S/C22H26BrN5OS/c1-13(2)15-9-7-10-16(14(3)4)20(15)25-19(29)12-30-22-27-26-21(28(22)24)17-8-5-6-11-18(17)23/h5-11,13-14H,12,24H2,1-4H3,(H,25,29). The molecule has 0 bridgehead atoms. The molecule has 0 unspecified atom stereocenters. The number of rotatable bonds is 7. The summed E-state index contributed by atoms with van der Waals surface area (Å²) in [4.78, 5) is 12.7. The van der Waals surface area contributed by atoms with Gasteiger partial charge in [-0.05, 0) is 35.1 Å². The van der Waals surface area contributed by atoms with Crippen molar-refractivity contribution in [3.05, 3.63) is 58.1 Å². The molecule has 8 heteroatoms. The van der Waals surface area contributed by atoms with Crippen LogP contribution in [0.15, 0.2) is 52.1 Å². The largest absolute Gasteiger partial charge is 0.335 e. The fourth-order valence-electron chi connectivity index (χ4n) is 3.20. The minimum atomic E-state index is -0.0968. The van der Waals surface area contributed by atoms with Crippen molar-refractivity contribution in [2.75, 3.05) is 16.9 Å². The van der Waals surface area contributed by atoms with E-state index in [1.807, 2.05) is 24.3 Å². The van der Waals surface area contributed by atoms with E-state index in [0.717, 1.165) is 26.9 Å². The second kappa shape index (κ2) is 9.66. The second-order valence-corrected chi connectivity index (χ2v) is 9.41. The zero-order chi connectivity index (χ0) is 21.8. The van der Waals surface area contributed by atoms with Crippen LogP contribution in [-0.4, -0.2) is 26.5 Å². The molecular weight excluding hydrogens is 462 g/mol. The lowest BCUT2D eigenvalue weighted by molar-refractivity contribution is -0.113. The number of aromatic nitrogens is 3. The highest BCUT2D eigenvalue weighted by Gasteiger charge is 2.18. The maximum Gasteiger partial charge on any atom is 0.234 e. The summed E-state index contributed by atoms with van der Waals surface area (Å²) >= 11 is 4.77. The summed E-state index contributed by atoms with van der Waals surface area (Å²) in [5.41, 5.74) is 4.03. The van der Waals surface area contributed by atoms with Gasteiger partial charge in [-0.2, -0.15) is 0 Å². The molecule has 0 fully saturated rings. The van der Waals surface area contributed by atoms with E-state index in [9.17, 15) is 4.79 Å². The zero-order valence-corrected chi connectivity index (χ0v) is 19.9. The molecule has 0 spiro atoms. The maximum absolute atomic E-state index is 12.7. The molecule has 0 atom stereocenters. The molecule has 1 amide bonds. The molecule has 0 saturated heterocycles. The van der Waals surface area contributed by atoms with Crippen LogP contribution in [0.2, 0.25) is 0 Å². The summed E-state index contributed by atoms with van der Waals surface area (Å²) in [5.74, 6) is 7.44. The molecule has 0 radical (unpaired) electrons. The number of halogens is 1. The number of amides is 1. The Morgan fingerprint density at radius 3 is 2.30 bits per heavy atom. The summed E-state index contributed by atoms with van der Waals surface area (Å²) in [6, 6.07) is 13.9. The summed E-state index contributed by atoms with van der Waals surface area (Å²) in [6.07, 6.45) is 0. The molecule has 0 aliphatic rings. The summed E-state index contributed by atoms with van der Waals surface area (Å²) < 4.78 is 2.30. The van der Waals surface area contributed by atoms with E-state index in [0.29, 0.717) is 22.8 Å². The van der Waals surface area contributed by atoms with E-state index in [2.05, 4.69) is 77.3 Å². The van der Waals surface area contributed by atoms with Crippen molar-refractivity contribution in [2.45, 2.75) is 44.7 Å². The number of nitrogens with two attached hydrogens (primary N) is 1. The highest BCUT2D eigenvalue weighted by atomic mass is 79.9. The van der Waals surface area contributed by atoms with Crippen molar-refractivity contribution in [1.82, 2.24) is 14.9 Å². The van der Waals surface area contributed by atoms with E-state index < -0.39 is 0 Å². The molecule has 1 aromatic heterocycles. The van der Waals surface area contributed by atoms with E-state index in [4.69, 9.17) is 5.84 Å². The number of carbonyl (C=O) groups is 1. The third-order valence-corrected chi connectivity index (χ3v) is 6.38. The normalized spacial score (nSPS) is 11.3. The van der Waals surface area contributed by atoms with Gasteiger partial charge in [0.2, 0.25) is 11.1 Å². The molecule has 0 aliphatic heterocycles. The molecule has 3 aromatic rings. The van der Waals surface area contributed by atoms with Crippen molar-refractivity contribution < 1.29 is 4.79 Å². The molecule has 3 N–H and O–H groups in total. The van der Waals surface area contributed by atoms with Crippen molar-refractivity contribution in [1.29, 1.82) is 0 Å². The molecular formula is C22H26BrN5OS. The van der Waals surface area contributed by atoms with Gasteiger partial charge in [0, 0.05) is 15.7 Å². The molecule has 2 aromatic carbocycles. The predicted octanol–water partition coefficient (Wildman–Crippen LogP) is 5.40. The lowest BCUT2D eigenvalue weighted by atomic mass is 9.92. The summed E-state index contributed by atoms with van der Waals surface area (Å²) in [5, 5.41) is 11.9. The van der Waals surface area contributed by atoms with Gasteiger partial charge in [0.15, 0.2) is 5.82 Å². The van der Waals surface area contributed by atoms with Gasteiger partial charge in [-0.25, -0.2) is 4.68 Å². The van der Waals surface area contributed by atoms with E-state index >= 15 is 0 Å². The summed E-state index contributed by atoms with van der Waals surface area (Å²) in [6.45, 7) is 8.52. The highest BCUT2D eigenvalue weighted by molar-refractivity contribution is 9.10. The topological polar surface area (TPSA) is 85.8 Å². The molecule has 30 heavy (non-hydrogen) atoms. The lowest BCUT2D eigenvalue weighted by Crippen LogP contribution is -2.19. The van der Waals surface area contributed by atoms with Gasteiger partial charge in [-0.1, -0.05) is 85.7 Å². The maximum atomic E-state index is 12.7. The Kier molecular flexibility index (Phi) is 7.20. The fourth-order valence-corrected chi connectivity index (χ4v) is 4.32. The smallest absolute Gasteiger partial charge is 0.234 e. The van der Waals surface area contributed by atoms with Crippen LogP contribution in [0, 0.1) is 0 Å². The van der Waals surface area contributed by atoms with Crippen LogP contribution in [-0.2, 0) is 4.79 Å². The van der Waals surface area contributed by atoms with Crippen LogP contribution >= 0.6 is 27.7 Å². The van der Waals surface area contributed by atoms with Crippen molar-refractivity contribution in [3.8, 4) is 11.4 Å². The molecule has 0 saturated carbocycles. The average Bonchev–Trinajstić information content (AvgIpc) is 3.06. The van der Waals surface area contributed by atoms with Crippen LogP contribution in [0.25, 0.3) is 11.4 Å². The second-order valence-electron chi connectivity index (χ2n) is 7.61. The van der Waals surface area contributed by atoms with Crippen molar-refractivity contribution in [2.24, 2.45) is 0 Å². The fraction of sp³-hybridized carbons (Fsp3) is 0.318. The molecule has 1 heterocycles. The third kappa shape index (κ3) is 4.87. The monoisotopic (exact) mass is 487 g/mol. The van der Waals surface area contributed by atoms with Gasteiger partial charge in [0.1, 0.15) is 0 Å². The van der Waals surface area contributed by atoms with Gasteiger partial charge >= 0.3 is 0 Å². The number of carbonyl (C=O) groups excluding carboxylic acids is 1.